The predicted molar refractivity (Wildman–Crippen MR) is 77.9 cm³/mol. The minimum atomic E-state index is -0.0524. The fourth-order valence-electron chi connectivity index (χ4n) is 1.74. The molecule has 1 atom stereocenters. The highest BCUT2D eigenvalue weighted by Gasteiger charge is 2.13. The molecular weight excluding hydrogens is 242 g/mol. The first-order valence-corrected chi connectivity index (χ1v) is 7.26. The highest BCUT2D eigenvalue weighted by atomic mass is 16.2. The van der Waals surface area contributed by atoms with Gasteiger partial charge in [-0.05, 0) is 26.8 Å². The van der Waals surface area contributed by atoms with Gasteiger partial charge in [-0.1, -0.05) is 13.8 Å². The third-order valence-corrected chi connectivity index (χ3v) is 3.00. The van der Waals surface area contributed by atoms with Crippen LogP contribution in [0.4, 0.5) is 0 Å². The quantitative estimate of drug-likeness (QED) is 0.626. The van der Waals surface area contributed by atoms with Crippen LogP contribution in [0.2, 0.25) is 0 Å². The van der Waals surface area contributed by atoms with E-state index >= 15 is 0 Å². The molecule has 0 radical (unpaired) electrons. The van der Waals surface area contributed by atoms with E-state index < -0.39 is 0 Å². The second kappa shape index (κ2) is 10.8. The largest absolute Gasteiger partial charge is 0.355 e. The van der Waals surface area contributed by atoms with Crippen LogP contribution in [0.3, 0.4) is 0 Å². The summed E-state index contributed by atoms with van der Waals surface area (Å²) < 4.78 is 0. The van der Waals surface area contributed by atoms with Gasteiger partial charge in [0.05, 0.1) is 0 Å². The Morgan fingerprint density at radius 3 is 2.16 bits per heavy atom. The maximum absolute atomic E-state index is 12.0. The van der Waals surface area contributed by atoms with Gasteiger partial charge in [0.2, 0.25) is 11.8 Å². The third-order valence-electron chi connectivity index (χ3n) is 3.00. The van der Waals surface area contributed by atoms with Crippen molar-refractivity contribution in [1.82, 2.24) is 15.5 Å². The molecule has 0 bridgehead atoms. The fraction of sp³-hybridized carbons (Fsp3) is 0.857. The van der Waals surface area contributed by atoms with Crippen molar-refractivity contribution in [2.45, 2.75) is 52.5 Å². The minimum absolute atomic E-state index is 0.0524. The van der Waals surface area contributed by atoms with Crippen LogP contribution in [-0.2, 0) is 9.59 Å². The summed E-state index contributed by atoms with van der Waals surface area (Å²) in [7, 11) is 1.85. The molecule has 5 nitrogen and oxygen atoms in total. The number of rotatable bonds is 10. The monoisotopic (exact) mass is 271 g/mol. The molecule has 0 saturated carbocycles. The van der Waals surface area contributed by atoms with E-state index in [0.717, 1.165) is 25.9 Å². The van der Waals surface area contributed by atoms with Crippen LogP contribution in [0.25, 0.3) is 0 Å². The van der Waals surface area contributed by atoms with E-state index in [1.165, 1.54) is 0 Å². The summed E-state index contributed by atoms with van der Waals surface area (Å²) in [5.74, 6) is 0.0314. The van der Waals surface area contributed by atoms with Crippen LogP contribution in [0.1, 0.15) is 46.5 Å². The summed E-state index contributed by atoms with van der Waals surface area (Å²) in [6.45, 7) is 8.27. The highest BCUT2D eigenvalue weighted by Crippen LogP contribution is 2.01. The van der Waals surface area contributed by atoms with Crippen LogP contribution in [0, 0.1) is 0 Å². The van der Waals surface area contributed by atoms with Crippen LogP contribution in [-0.4, -0.2) is 49.4 Å². The maximum atomic E-state index is 12.0. The lowest BCUT2D eigenvalue weighted by atomic mass is 10.2. The molecule has 5 heteroatoms. The number of hydrogen-bond donors (Lipinski definition) is 2. The number of amides is 2. The zero-order chi connectivity index (χ0) is 14.7. The molecule has 0 aliphatic heterocycles. The summed E-state index contributed by atoms with van der Waals surface area (Å²) in [4.78, 5) is 25.4. The van der Waals surface area contributed by atoms with E-state index in [9.17, 15) is 9.59 Å². The Balaban J connectivity index is 3.95. The minimum Gasteiger partial charge on any atom is -0.355 e. The van der Waals surface area contributed by atoms with Gasteiger partial charge in [-0.3, -0.25) is 9.59 Å². The Bertz CT molecular complexity index is 263. The molecule has 112 valence electrons. The lowest BCUT2D eigenvalue weighted by molar-refractivity contribution is -0.133. The molecule has 19 heavy (non-hydrogen) atoms. The molecule has 0 heterocycles. The van der Waals surface area contributed by atoms with Crippen molar-refractivity contribution in [3.63, 3.8) is 0 Å². The fourth-order valence-corrected chi connectivity index (χ4v) is 1.74. The second-order valence-electron chi connectivity index (χ2n) is 4.87. The lowest BCUT2D eigenvalue weighted by Crippen LogP contribution is -2.38. The molecule has 0 aromatic rings. The standard InChI is InChI=1S/C14H29N3O2/c1-5-9-17(10-6-2)14(19)8-7-13(18)16-11-12(3)15-4/h12,15H,5-11H2,1-4H3,(H,16,18). The number of nitrogens with zero attached hydrogens (tertiary/aromatic N) is 1. The highest BCUT2D eigenvalue weighted by molar-refractivity contribution is 5.83. The van der Waals surface area contributed by atoms with Crippen molar-refractivity contribution >= 4 is 11.8 Å². The number of carbonyl (C=O) groups is 2. The number of likely N-dealkylation sites (N-methyl/N-ethyl adjacent to an activating group) is 1. The molecule has 0 spiro atoms. The van der Waals surface area contributed by atoms with Crippen molar-refractivity contribution < 1.29 is 9.59 Å². The molecule has 0 aromatic carbocycles. The first-order valence-electron chi connectivity index (χ1n) is 7.26. The van der Waals surface area contributed by atoms with Crippen molar-refractivity contribution in [3.05, 3.63) is 0 Å². The third kappa shape index (κ3) is 8.59. The second-order valence-corrected chi connectivity index (χ2v) is 4.87. The van der Waals surface area contributed by atoms with E-state index in [0.29, 0.717) is 13.0 Å². The van der Waals surface area contributed by atoms with Crippen molar-refractivity contribution in [2.75, 3.05) is 26.7 Å². The Labute approximate surface area is 117 Å². The van der Waals surface area contributed by atoms with Crippen molar-refractivity contribution in [1.29, 1.82) is 0 Å². The van der Waals surface area contributed by atoms with Gasteiger partial charge < -0.3 is 15.5 Å². The molecule has 0 fully saturated rings. The van der Waals surface area contributed by atoms with Crippen LogP contribution < -0.4 is 10.6 Å². The molecular formula is C14H29N3O2. The summed E-state index contributed by atoms with van der Waals surface area (Å²) >= 11 is 0. The first-order chi connectivity index (χ1) is 9.04. The van der Waals surface area contributed by atoms with E-state index in [1.54, 1.807) is 0 Å². The van der Waals surface area contributed by atoms with E-state index in [4.69, 9.17) is 0 Å². The zero-order valence-electron chi connectivity index (χ0n) is 12.8. The molecule has 0 saturated heterocycles. The van der Waals surface area contributed by atoms with Gasteiger partial charge in [0.1, 0.15) is 0 Å². The van der Waals surface area contributed by atoms with E-state index in [1.807, 2.05) is 18.9 Å². The smallest absolute Gasteiger partial charge is 0.223 e. The average molecular weight is 271 g/mol. The van der Waals surface area contributed by atoms with Crippen LogP contribution in [0.15, 0.2) is 0 Å². The number of nitrogens with one attached hydrogen (secondary N) is 2. The molecule has 2 N–H and O–H groups in total. The molecule has 0 aliphatic rings. The maximum Gasteiger partial charge on any atom is 0.223 e. The first kappa shape index (κ1) is 17.9. The Morgan fingerprint density at radius 2 is 1.68 bits per heavy atom. The Morgan fingerprint density at radius 1 is 1.11 bits per heavy atom. The number of hydrogen-bond acceptors (Lipinski definition) is 3. The SMILES string of the molecule is CCCN(CCC)C(=O)CCC(=O)NCC(C)NC. The Hall–Kier alpha value is -1.10. The number of carbonyl (C=O) groups excluding carboxylic acids is 2. The van der Waals surface area contributed by atoms with Crippen LogP contribution in [0.5, 0.6) is 0 Å². The van der Waals surface area contributed by atoms with Crippen molar-refractivity contribution in [2.24, 2.45) is 0 Å². The molecule has 2 amide bonds. The van der Waals surface area contributed by atoms with Gasteiger partial charge in [-0.15, -0.1) is 0 Å². The van der Waals surface area contributed by atoms with Gasteiger partial charge in [-0.2, -0.15) is 0 Å². The van der Waals surface area contributed by atoms with Crippen molar-refractivity contribution in [3.8, 4) is 0 Å². The van der Waals surface area contributed by atoms with Gasteiger partial charge in [0.15, 0.2) is 0 Å². The summed E-state index contributed by atoms with van der Waals surface area (Å²) in [6, 6.07) is 0.247. The normalized spacial score (nSPS) is 12.0. The molecule has 0 aliphatic carbocycles. The van der Waals surface area contributed by atoms with Gasteiger partial charge in [-0.25, -0.2) is 0 Å². The Kier molecular flexibility index (Phi) is 10.2. The predicted octanol–water partition coefficient (Wildman–Crippen LogP) is 1.14. The van der Waals surface area contributed by atoms with E-state index in [-0.39, 0.29) is 24.3 Å². The lowest BCUT2D eigenvalue weighted by Gasteiger charge is -2.21. The van der Waals surface area contributed by atoms with Crippen LogP contribution >= 0.6 is 0 Å². The molecule has 1 unspecified atom stereocenters. The van der Waals surface area contributed by atoms with E-state index in [2.05, 4.69) is 24.5 Å². The summed E-state index contributed by atoms with van der Waals surface area (Å²) in [5, 5.41) is 5.87. The molecule has 0 aromatic heterocycles. The zero-order valence-corrected chi connectivity index (χ0v) is 12.8. The summed E-state index contributed by atoms with van der Waals surface area (Å²) in [5.41, 5.74) is 0. The van der Waals surface area contributed by atoms with Gasteiger partial charge in [0, 0.05) is 38.5 Å². The van der Waals surface area contributed by atoms with Gasteiger partial charge >= 0.3 is 0 Å². The summed E-state index contributed by atoms with van der Waals surface area (Å²) in [6.07, 6.45) is 2.49. The molecule has 0 rings (SSSR count). The average Bonchev–Trinajstić information content (AvgIpc) is 2.41. The topological polar surface area (TPSA) is 61.4 Å². The van der Waals surface area contributed by atoms with Gasteiger partial charge in [0.25, 0.3) is 0 Å².